The number of aryl methyl sites for hydroxylation is 1. The molecule has 2 aromatic carbocycles. The summed E-state index contributed by atoms with van der Waals surface area (Å²) in [4.78, 5) is 0. The maximum Gasteiger partial charge on any atom is 0.127 e. The van der Waals surface area contributed by atoms with Crippen LogP contribution in [0.5, 0.6) is 11.5 Å². The van der Waals surface area contributed by atoms with E-state index < -0.39 is 20.2 Å². The van der Waals surface area contributed by atoms with E-state index in [-0.39, 0.29) is 14.9 Å². The van der Waals surface area contributed by atoms with Gasteiger partial charge in [-0.1, -0.05) is 50.7 Å². The number of ether oxygens (including phenoxy) is 1. The Labute approximate surface area is 157 Å². The number of benzene rings is 2. The highest BCUT2D eigenvalue weighted by Crippen LogP contribution is 2.20. The first-order chi connectivity index (χ1) is 10.8. The van der Waals surface area contributed by atoms with Crippen molar-refractivity contribution in [3.63, 3.8) is 0 Å². The van der Waals surface area contributed by atoms with Crippen LogP contribution in [0.25, 0.3) is 0 Å². The van der Waals surface area contributed by atoms with Gasteiger partial charge in [0.05, 0.1) is 20.2 Å². The summed E-state index contributed by atoms with van der Waals surface area (Å²) < 4.78 is 60.1. The first-order valence-electron chi connectivity index (χ1n) is 6.46. The SMILES string of the molecule is C.C.CS(=O)(=O)[O-].CS(=O)(=O)[O-].Cc1ccc(Oc2ccccc2)cc1. The van der Waals surface area contributed by atoms with Crippen LogP contribution >= 0.6 is 0 Å². The fourth-order valence-electron chi connectivity index (χ4n) is 1.23. The molecule has 0 bridgehead atoms. The van der Waals surface area contributed by atoms with Crippen LogP contribution in [-0.4, -0.2) is 38.5 Å². The molecule has 2 rings (SSSR count). The molecule has 7 nitrogen and oxygen atoms in total. The molecule has 0 unspecified atom stereocenters. The molecule has 26 heavy (non-hydrogen) atoms. The molecular formula is C17H26O7S2-2. The summed E-state index contributed by atoms with van der Waals surface area (Å²) in [7, 11) is -7.83. The molecule has 0 atom stereocenters. The normalized spacial score (nSPS) is 9.73. The maximum atomic E-state index is 9.08. The molecule has 0 heterocycles. The van der Waals surface area contributed by atoms with Crippen LogP contribution in [0, 0.1) is 6.92 Å². The van der Waals surface area contributed by atoms with Gasteiger partial charge < -0.3 is 13.8 Å². The number of hydrogen-bond donors (Lipinski definition) is 0. The highest BCUT2D eigenvalue weighted by atomic mass is 32.2. The fraction of sp³-hybridized carbons (Fsp3) is 0.294. The van der Waals surface area contributed by atoms with E-state index in [4.69, 9.17) is 30.7 Å². The van der Waals surface area contributed by atoms with Crippen LogP contribution in [0.15, 0.2) is 54.6 Å². The van der Waals surface area contributed by atoms with E-state index in [1.807, 2.05) is 54.6 Å². The smallest absolute Gasteiger partial charge is 0.127 e. The van der Waals surface area contributed by atoms with E-state index in [0.29, 0.717) is 12.5 Å². The Balaban J connectivity index is -0.000000375. The van der Waals surface area contributed by atoms with Gasteiger partial charge in [0.25, 0.3) is 0 Å². The van der Waals surface area contributed by atoms with Gasteiger partial charge in [-0.2, -0.15) is 0 Å². The fourth-order valence-corrected chi connectivity index (χ4v) is 1.23. The minimum absolute atomic E-state index is 0. The summed E-state index contributed by atoms with van der Waals surface area (Å²) in [5.74, 6) is 1.75. The molecule has 0 aliphatic carbocycles. The molecule has 0 aliphatic rings. The lowest BCUT2D eigenvalue weighted by atomic mass is 10.2. The summed E-state index contributed by atoms with van der Waals surface area (Å²) in [6.07, 6.45) is 1.21. The van der Waals surface area contributed by atoms with Crippen LogP contribution in [0.2, 0.25) is 0 Å². The van der Waals surface area contributed by atoms with Crippen molar-refractivity contribution in [3.8, 4) is 11.5 Å². The minimum Gasteiger partial charge on any atom is -0.748 e. The number of hydrogen-bond acceptors (Lipinski definition) is 7. The van der Waals surface area contributed by atoms with E-state index in [9.17, 15) is 0 Å². The van der Waals surface area contributed by atoms with Crippen molar-refractivity contribution < 1.29 is 30.7 Å². The molecule has 150 valence electrons. The van der Waals surface area contributed by atoms with Crippen LogP contribution < -0.4 is 4.74 Å². The summed E-state index contributed by atoms with van der Waals surface area (Å²) in [5, 5.41) is 0. The zero-order valence-corrected chi connectivity index (χ0v) is 15.0. The van der Waals surface area contributed by atoms with Crippen molar-refractivity contribution in [1.29, 1.82) is 0 Å². The number of para-hydroxylation sites is 1. The summed E-state index contributed by atoms with van der Waals surface area (Å²) in [5.41, 5.74) is 1.24. The van der Waals surface area contributed by atoms with Crippen molar-refractivity contribution in [2.45, 2.75) is 21.8 Å². The Hall–Kier alpha value is -1.94. The topological polar surface area (TPSA) is 124 Å². The van der Waals surface area contributed by atoms with Gasteiger partial charge in [0.2, 0.25) is 0 Å². The minimum atomic E-state index is -3.92. The number of rotatable bonds is 2. The van der Waals surface area contributed by atoms with Crippen LogP contribution in [-0.2, 0) is 20.2 Å². The Morgan fingerprint density at radius 2 is 1.00 bits per heavy atom. The molecule has 0 spiro atoms. The maximum absolute atomic E-state index is 9.08. The van der Waals surface area contributed by atoms with Crippen molar-refractivity contribution in [3.05, 3.63) is 60.2 Å². The summed E-state index contributed by atoms with van der Waals surface area (Å²) in [6.45, 7) is 2.06. The van der Waals surface area contributed by atoms with Gasteiger partial charge in [0.1, 0.15) is 11.5 Å². The zero-order chi connectivity index (χ0) is 18.8. The van der Waals surface area contributed by atoms with Gasteiger partial charge in [-0.05, 0) is 31.2 Å². The Kier molecular flexibility index (Phi) is 14.7. The molecule has 0 saturated carbocycles. The Bertz CT molecular complexity index is 752. The molecule has 0 aliphatic heterocycles. The van der Waals surface area contributed by atoms with Gasteiger partial charge in [-0.15, -0.1) is 0 Å². The van der Waals surface area contributed by atoms with E-state index in [1.165, 1.54) is 5.56 Å². The van der Waals surface area contributed by atoms with Crippen LogP contribution in [0.4, 0.5) is 0 Å². The highest BCUT2D eigenvalue weighted by Gasteiger charge is 1.94. The monoisotopic (exact) mass is 406 g/mol. The van der Waals surface area contributed by atoms with Crippen LogP contribution in [0.3, 0.4) is 0 Å². The van der Waals surface area contributed by atoms with E-state index in [0.717, 1.165) is 11.5 Å². The average molecular weight is 407 g/mol. The summed E-state index contributed by atoms with van der Waals surface area (Å²) in [6, 6.07) is 17.8. The second-order valence-electron chi connectivity index (χ2n) is 4.64. The Morgan fingerprint density at radius 3 is 1.35 bits per heavy atom. The third-order valence-corrected chi connectivity index (χ3v) is 2.00. The lowest BCUT2D eigenvalue weighted by Gasteiger charge is -2.04. The second kappa shape index (κ2) is 13.3. The van der Waals surface area contributed by atoms with Gasteiger partial charge >= 0.3 is 0 Å². The Morgan fingerprint density at radius 1 is 0.692 bits per heavy atom. The predicted molar refractivity (Wildman–Crippen MR) is 102 cm³/mol. The van der Waals surface area contributed by atoms with Crippen molar-refractivity contribution in [2.24, 2.45) is 0 Å². The molecular weight excluding hydrogens is 380 g/mol. The largest absolute Gasteiger partial charge is 0.748 e. The average Bonchev–Trinajstić information content (AvgIpc) is 2.39. The quantitative estimate of drug-likeness (QED) is 0.700. The summed E-state index contributed by atoms with van der Waals surface area (Å²) >= 11 is 0. The third-order valence-electron chi connectivity index (χ3n) is 2.00. The van der Waals surface area contributed by atoms with Crippen molar-refractivity contribution >= 4 is 20.2 Å². The van der Waals surface area contributed by atoms with Crippen LogP contribution in [0.1, 0.15) is 20.4 Å². The first kappa shape index (κ1) is 28.8. The molecule has 2 aromatic rings. The lowest BCUT2D eigenvalue weighted by Crippen LogP contribution is -1.88. The van der Waals surface area contributed by atoms with Gasteiger partial charge in [0, 0.05) is 12.5 Å². The van der Waals surface area contributed by atoms with Gasteiger partial charge in [-0.25, -0.2) is 16.8 Å². The molecule has 0 N–H and O–H groups in total. The first-order valence-corrected chi connectivity index (χ1v) is 10.1. The standard InChI is InChI=1S/C13H12O.2CH4O3S.2CH4/c1-11-7-9-13(10-8-11)14-12-5-3-2-4-6-12;2*1-5(2,3)4;;/h2-10H,1H3;2*1H3,(H,2,3,4);2*1H4/p-2. The van der Waals surface area contributed by atoms with Crippen molar-refractivity contribution in [1.82, 2.24) is 0 Å². The molecule has 0 fully saturated rings. The molecule has 9 heteroatoms. The molecule has 0 aromatic heterocycles. The van der Waals surface area contributed by atoms with E-state index in [2.05, 4.69) is 6.92 Å². The predicted octanol–water partition coefficient (Wildman–Crippen LogP) is 3.38. The molecule has 0 amide bonds. The van der Waals surface area contributed by atoms with Gasteiger partial charge in [-0.3, -0.25) is 0 Å². The van der Waals surface area contributed by atoms with E-state index in [1.54, 1.807) is 0 Å². The molecule has 0 radical (unpaired) electrons. The molecule has 0 saturated heterocycles. The van der Waals surface area contributed by atoms with Crippen molar-refractivity contribution in [2.75, 3.05) is 12.5 Å². The van der Waals surface area contributed by atoms with Gasteiger partial charge in [0.15, 0.2) is 0 Å². The third kappa shape index (κ3) is 24.3. The zero-order valence-electron chi connectivity index (χ0n) is 13.4. The highest BCUT2D eigenvalue weighted by molar-refractivity contribution is 7.85. The van der Waals surface area contributed by atoms with E-state index >= 15 is 0 Å². The second-order valence-corrected chi connectivity index (χ2v) is 7.45. The lowest BCUT2D eigenvalue weighted by molar-refractivity contribution is 0.468.